The third-order valence-electron chi connectivity index (χ3n) is 2.02. The molecule has 4 heteroatoms. The maximum absolute atomic E-state index is 13.2. The largest absolute Gasteiger partial charge is 0.399 e. The van der Waals surface area contributed by atoms with Crippen LogP contribution in [-0.4, -0.2) is 5.91 Å². The number of hydrogen-bond acceptors (Lipinski definition) is 2. The molecule has 0 spiro atoms. The Bertz CT molecular complexity index is 352. The molecule has 3 nitrogen and oxygen atoms in total. The number of amides is 1. The van der Waals surface area contributed by atoms with Crippen molar-refractivity contribution < 1.29 is 9.18 Å². The molecule has 1 amide bonds. The first kappa shape index (κ1) is 11.5. The van der Waals surface area contributed by atoms with E-state index < -0.39 is 5.82 Å². The topological polar surface area (TPSA) is 55.1 Å². The van der Waals surface area contributed by atoms with E-state index in [1.807, 2.05) is 6.92 Å². The van der Waals surface area contributed by atoms with Gasteiger partial charge in [-0.05, 0) is 24.6 Å². The summed E-state index contributed by atoms with van der Waals surface area (Å²) in [7, 11) is 0. The maximum atomic E-state index is 13.2. The fourth-order valence-electron chi connectivity index (χ4n) is 1.18. The summed E-state index contributed by atoms with van der Waals surface area (Å²) in [6.45, 7) is 2.00. The van der Waals surface area contributed by atoms with E-state index in [2.05, 4.69) is 5.32 Å². The normalized spacial score (nSPS) is 10.0. The second-order valence-corrected chi connectivity index (χ2v) is 3.39. The molecule has 0 atom stereocenters. The Labute approximate surface area is 88.5 Å². The standard InChI is InChI=1S/C11H15FN2O/c1-2-3-4-11(15)14-10-6-5-8(13)7-9(10)12/h5-7H,2-4,13H2,1H3,(H,14,15). The van der Waals surface area contributed by atoms with Crippen molar-refractivity contribution in [2.45, 2.75) is 26.2 Å². The summed E-state index contributed by atoms with van der Waals surface area (Å²) in [5, 5.41) is 2.50. The molecule has 0 unspecified atom stereocenters. The number of nitrogen functional groups attached to an aromatic ring is 1. The van der Waals surface area contributed by atoms with Crippen LogP contribution < -0.4 is 11.1 Å². The molecule has 0 fully saturated rings. The van der Waals surface area contributed by atoms with E-state index in [9.17, 15) is 9.18 Å². The van der Waals surface area contributed by atoms with Crippen molar-refractivity contribution in [3.05, 3.63) is 24.0 Å². The molecule has 0 aliphatic carbocycles. The number of benzene rings is 1. The minimum atomic E-state index is -0.500. The maximum Gasteiger partial charge on any atom is 0.224 e. The van der Waals surface area contributed by atoms with Gasteiger partial charge in [0, 0.05) is 12.1 Å². The Balaban J connectivity index is 2.60. The van der Waals surface area contributed by atoms with Crippen molar-refractivity contribution in [3.8, 4) is 0 Å². The molecule has 82 valence electrons. The molecule has 0 saturated heterocycles. The van der Waals surface area contributed by atoms with Crippen LogP contribution in [0.3, 0.4) is 0 Å². The smallest absolute Gasteiger partial charge is 0.224 e. The summed E-state index contributed by atoms with van der Waals surface area (Å²) in [5.74, 6) is -0.666. The van der Waals surface area contributed by atoms with Crippen LogP contribution in [0.1, 0.15) is 26.2 Å². The van der Waals surface area contributed by atoms with E-state index in [4.69, 9.17) is 5.73 Å². The summed E-state index contributed by atoms with van der Waals surface area (Å²) in [5.41, 5.74) is 5.92. The second kappa shape index (κ2) is 5.34. The van der Waals surface area contributed by atoms with Crippen LogP contribution in [0.15, 0.2) is 18.2 Å². The SMILES string of the molecule is CCCCC(=O)Nc1ccc(N)cc1F. The highest BCUT2D eigenvalue weighted by Gasteiger charge is 2.06. The predicted molar refractivity (Wildman–Crippen MR) is 59.0 cm³/mol. The zero-order valence-electron chi connectivity index (χ0n) is 8.72. The lowest BCUT2D eigenvalue weighted by molar-refractivity contribution is -0.116. The number of hydrogen-bond donors (Lipinski definition) is 2. The lowest BCUT2D eigenvalue weighted by Gasteiger charge is -2.06. The van der Waals surface area contributed by atoms with Crippen molar-refractivity contribution in [1.82, 2.24) is 0 Å². The van der Waals surface area contributed by atoms with Gasteiger partial charge in [0.2, 0.25) is 5.91 Å². The van der Waals surface area contributed by atoms with Crippen LogP contribution in [0, 0.1) is 5.82 Å². The van der Waals surface area contributed by atoms with E-state index >= 15 is 0 Å². The van der Waals surface area contributed by atoms with Gasteiger partial charge in [0.15, 0.2) is 0 Å². The van der Waals surface area contributed by atoms with Crippen LogP contribution in [0.2, 0.25) is 0 Å². The van der Waals surface area contributed by atoms with Crippen LogP contribution >= 0.6 is 0 Å². The van der Waals surface area contributed by atoms with E-state index in [0.717, 1.165) is 12.8 Å². The van der Waals surface area contributed by atoms with Crippen molar-refractivity contribution in [2.75, 3.05) is 11.1 Å². The van der Waals surface area contributed by atoms with Crippen LogP contribution in [0.4, 0.5) is 15.8 Å². The van der Waals surface area contributed by atoms with Gasteiger partial charge in [0.1, 0.15) is 5.82 Å². The Morgan fingerprint density at radius 2 is 2.27 bits per heavy atom. The monoisotopic (exact) mass is 210 g/mol. The first-order valence-electron chi connectivity index (χ1n) is 4.98. The van der Waals surface area contributed by atoms with Crippen LogP contribution in [-0.2, 0) is 4.79 Å². The van der Waals surface area contributed by atoms with Gasteiger partial charge in [-0.2, -0.15) is 0 Å². The van der Waals surface area contributed by atoms with Gasteiger partial charge in [-0.3, -0.25) is 4.79 Å². The fraction of sp³-hybridized carbons (Fsp3) is 0.364. The molecule has 1 aromatic carbocycles. The summed E-state index contributed by atoms with van der Waals surface area (Å²) >= 11 is 0. The van der Waals surface area contributed by atoms with Gasteiger partial charge in [-0.15, -0.1) is 0 Å². The van der Waals surface area contributed by atoms with Gasteiger partial charge in [0.05, 0.1) is 5.69 Å². The molecule has 1 aromatic rings. The van der Waals surface area contributed by atoms with Crippen molar-refractivity contribution in [1.29, 1.82) is 0 Å². The van der Waals surface area contributed by atoms with E-state index in [1.165, 1.54) is 12.1 Å². The zero-order chi connectivity index (χ0) is 11.3. The summed E-state index contributed by atoms with van der Waals surface area (Å²) in [6, 6.07) is 4.21. The Hall–Kier alpha value is -1.58. The molecular weight excluding hydrogens is 195 g/mol. The average Bonchev–Trinajstić information content (AvgIpc) is 2.19. The first-order chi connectivity index (χ1) is 7.13. The number of carbonyl (C=O) groups is 1. The van der Waals surface area contributed by atoms with E-state index in [1.54, 1.807) is 6.07 Å². The number of nitrogens with one attached hydrogen (secondary N) is 1. The Morgan fingerprint density at radius 1 is 1.53 bits per heavy atom. The molecular formula is C11H15FN2O. The third kappa shape index (κ3) is 3.58. The quantitative estimate of drug-likeness (QED) is 0.750. The van der Waals surface area contributed by atoms with Crippen molar-refractivity contribution in [3.63, 3.8) is 0 Å². The molecule has 0 bridgehead atoms. The summed E-state index contributed by atoms with van der Waals surface area (Å²) in [4.78, 5) is 11.3. The number of carbonyl (C=O) groups excluding carboxylic acids is 1. The fourth-order valence-corrected chi connectivity index (χ4v) is 1.18. The van der Waals surface area contributed by atoms with E-state index in [0.29, 0.717) is 12.1 Å². The molecule has 0 aliphatic rings. The van der Waals surface area contributed by atoms with Gasteiger partial charge < -0.3 is 11.1 Å². The molecule has 0 saturated carbocycles. The summed E-state index contributed by atoms with van der Waals surface area (Å²) in [6.07, 6.45) is 2.17. The van der Waals surface area contributed by atoms with Gasteiger partial charge in [0.25, 0.3) is 0 Å². The lowest BCUT2D eigenvalue weighted by Crippen LogP contribution is -2.12. The van der Waals surface area contributed by atoms with Gasteiger partial charge in [-0.1, -0.05) is 13.3 Å². The zero-order valence-corrected chi connectivity index (χ0v) is 8.72. The Morgan fingerprint density at radius 3 is 2.87 bits per heavy atom. The molecule has 15 heavy (non-hydrogen) atoms. The highest BCUT2D eigenvalue weighted by molar-refractivity contribution is 5.90. The highest BCUT2D eigenvalue weighted by Crippen LogP contribution is 2.17. The van der Waals surface area contributed by atoms with E-state index in [-0.39, 0.29) is 11.6 Å². The molecule has 0 heterocycles. The summed E-state index contributed by atoms with van der Waals surface area (Å²) < 4.78 is 13.2. The van der Waals surface area contributed by atoms with Gasteiger partial charge >= 0.3 is 0 Å². The van der Waals surface area contributed by atoms with Crippen molar-refractivity contribution in [2.24, 2.45) is 0 Å². The molecule has 0 aliphatic heterocycles. The second-order valence-electron chi connectivity index (χ2n) is 3.39. The number of nitrogens with two attached hydrogens (primary N) is 1. The van der Waals surface area contributed by atoms with Crippen molar-refractivity contribution >= 4 is 17.3 Å². The minimum Gasteiger partial charge on any atom is -0.399 e. The average molecular weight is 210 g/mol. The number of unbranched alkanes of at least 4 members (excludes halogenated alkanes) is 1. The number of halogens is 1. The third-order valence-corrected chi connectivity index (χ3v) is 2.02. The van der Waals surface area contributed by atoms with Crippen LogP contribution in [0.5, 0.6) is 0 Å². The molecule has 0 aromatic heterocycles. The molecule has 3 N–H and O–H groups in total. The minimum absolute atomic E-state index is 0.166. The van der Waals surface area contributed by atoms with Gasteiger partial charge in [-0.25, -0.2) is 4.39 Å². The Kier molecular flexibility index (Phi) is 4.09. The molecule has 0 radical (unpaired) electrons. The van der Waals surface area contributed by atoms with Crippen LogP contribution in [0.25, 0.3) is 0 Å². The first-order valence-corrected chi connectivity index (χ1v) is 4.98. The molecule has 1 rings (SSSR count). The lowest BCUT2D eigenvalue weighted by atomic mass is 10.2. The number of anilines is 2. The predicted octanol–water partition coefficient (Wildman–Crippen LogP) is 2.54. The number of rotatable bonds is 4. The highest BCUT2D eigenvalue weighted by atomic mass is 19.1.